The predicted molar refractivity (Wildman–Crippen MR) is 99.8 cm³/mol. The highest BCUT2D eigenvalue weighted by Crippen LogP contribution is 2.43. The molecule has 2 heterocycles. The molecule has 1 fully saturated rings. The zero-order valence-corrected chi connectivity index (χ0v) is 15.5. The lowest BCUT2D eigenvalue weighted by Crippen LogP contribution is -2.46. The van der Waals surface area contributed by atoms with E-state index in [4.69, 9.17) is 4.74 Å². The quantitative estimate of drug-likeness (QED) is 0.848. The van der Waals surface area contributed by atoms with Gasteiger partial charge < -0.3 is 10.1 Å². The number of carbonyl (C=O) groups is 2. The summed E-state index contributed by atoms with van der Waals surface area (Å²) in [6.45, 7) is 5.54. The lowest BCUT2D eigenvalue weighted by molar-refractivity contribution is -0.121. The number of carbonyl (C=O) groups excluding carboxylic acids is 2. The van der Waals surface area contributed by atoms with Crippen LogP contribution in [0.1, 0.15) is 51.5 Å². The fraction of sp³-hybridized carbons (Fsp3) is 0.550. The second kappa shape index (κ2) is 7.58. The van der Waals surface area contributed by atoms with E-state index >= 15 is 0 Å². The van der Waals surface area contributed by atoms with Gasteiger partial charge in [-0.1, -0.05) is 30.3 Å². The van der Waals surface area contributed by atoms with E-state index in [-0.39, 0.29) is 22.8 Å². The molecule has 3 rings (SSSR count). The number of amides is 2. The Hall–Kier alpha value is -2.21. The molecule has 0 aliphatic carbocycles. The van der Waals surface area contributed by atoms with E-state index in [1.165, 1.54) is 5.56 Å². The summed E-state index contributed by atoms with van der Waals surface area (Å²) in [7, 11) is 0. The highest BCUT2D eigenvalue weighted by Gasteiger charge is 2.41. The summed E-state index contributed by atoms with van der Waals surface area (Å²) in [6.07, 6.45) is 3.40. The number of benzene rings is 1. The van der Waals surface area contributed by atoms with Gasteiger partial charge in [0.2, 0.25) is 5.91 Å². The van der Waals surface area contributed by atoms with Gasteiger partial charge in [-0.15, -0.1) is 0 Å². The van der Waals surface area contributed by atoms with Crippen molar-refractivity contribution in [3.8, 4) is 0 Å². The Labute approximate surface area is 154 Å². The third kappa shape index (κ3) is 4.30. The van der Waals surface area contributed by atoms with Crippen LogP contribution in [-0.2, 0) is 19.7 Å². The van der Waals surface area contributed by atoms with Crippen LogP contribution in [0.4, 0.5) is 0 Å². The first-order chi connectivity index (χ1) is 12.4. The van der Waals surface area contributed by atoms with Gasteiger partial charge in [0.25, 0.3) is 5.91 Å². The molecule has 1 atom stereocenters. The van der Waals surface area contributed by atoms with E-state index in [0.717, 1.165) is 19.3 Å². The number of ether oxygens (including phenoxy) is 1. The lowest BCUT2D eigenvalue weighted by atomic mass is 9.67. The Bertz CT molecular complexity index is 700. The van der Waals surface area contributed by atoms with Crippen LogP contribution in [0.25, 0.3) is 0 Å². The first-order valence-electron chi connectivity index (χ1n) is 9.23. The van der Waals surface area contributed by atoms with Gasteiger partial charge in [-0.3, -0.25) is 9.59 Å². The SMILES string of the molecule is CC1(C)CC(CCNC(=O)C2=NNC(=O)CC2)(c2ccccc2)CCO1. The van der Waals surface area contributed by atoms with Gasteiger partial charge >= 0.3 is 0 Å². The fourth-order valence-electron chi connectivity index (χ4n) is 4.03. The molecule has 140 valence electrons. The average Bonchev–Trinajstić information content (AvgIpc) is 2.62. The van der Waals surface area contributed by atoms with Crippen molar-refractivity contribution in [3.05, 3.63) is 35.9 Å². The lowest BCUT2D eigenvalue weighted by Gasteiger charge is -2.45. The molecular formula is C20H27N3O3. The van der Waals surface area contributed by atoms with Crippen molar-refractivity contribution >= 4 is 17.5 Å². The number of nitrogens with zero attached hydrogens (tertiary/aromatic N) is 1. The number of nitrogens with one attached hydrogen (secondary N) is 2. The number of hydrogen-bond donors (Lipinski definition) is 2. The molecule has 0 bridgehead atoms. The van der Waals surface area contributed by atoms with Crippen LogP contribution in [0.5, 0.6) is 0 Å². The van der Waals surface area contributed by atoms with Crippen LogP contribution >= 0.6 is 0 Å². The molecule has 2 aliphatic heterocycles. The van der Waals surface area contributed by atoms with E-state index in [0.29, 0.717) is 31.7 Å². The van der Waals surface area contributed by atoms with Gasteiger partial charge in [-0.2, -0.15) is 5.10 Å². The summed E-state index contributed by atoms with van der Waals surface area (Å²) in [5.74, 6) is -0.339. The van der Waals surface area contributed by atoms with Crippen molar-refractivity contribution in [3.63, 3.8) is 0 Å². The van der Waals surface area contributed by atoms with Gasteiger partial charge in [-0.05, 0) is 38.7 Å². The summed E-state index contributed by atoms with van der Waals surface area (Å²) in [6, 6.07) is 10.5. The Balaban J connectivity index is 1.67. The molecule has 6 nitrogen and oxygen atoms in total. The monoisotopic (exact) mass is 357 g/mol. The number of hydrazone groups is 1. The van der Waals surface area contributed by atoms with Crippen LogP contribution in [0.2, 0.25) is 0 Å². The topological polar surface area (TPSA) is 79.8 Å². The van der Waals surface area contributed by atoms with Crippen LogP contribution in [-0.4, -0.2) is 36.3 Å². The molecule has 1 aromatic carbocycles. The Kier molecular flexibility index (Phi) is 5.41. The molecule has 6 heteroatoms. The minimum absolute atomic E-state index is 0.0150. The molecule has 1 saturated heterocycles. The maximum absolute atomic E-state index is 12.3. The number of hydrogen-bond acceptors (Lipinski definition) is 4. The van der Waals surface area contributed by atoms with Gasteiger partial charge in [0.05, 0.1) is 5.60 Å². The molecular weight excluding hydrogens is 330 g/mol. The van der Waals surface area contributed by atoms with Gasteiger partial charge in [0.15, 0.2) is 0 Å². The first-order valence-corrected chi connectivity index (χ1v) is 9.23. The zero-order chi connectivity index (χ0) is 18.6. The van der Waals surface area contributed by atoms with Gasteiger partial charge in [0, 0.05) is 31.4 Å². The predicted octanol–water partition coefficient (Wildman–Crippen LogP) is 2.29. The molecule has 0 aromatic heterocycles. The Morgan fingerprint density at radius 3 is 2.69 bits per heavy atom. The third-order valence-corrected chi connectivity index (χ3v) is 5.28. The third-order valence-electron chi connectivity index (χ3n) is 5.28. The summed E-state index contributed by atoms with van der Waals surface area (Å²) in [5, 5.41) is 6.83. The first kappa shape index (κ1) is 18.6. The van der Waals surface area contributed by atoms with Crippen LogP contribution < -0.4 is 10.7 Å². The second-order valence-corrected chi connectivity index (χ2v) is 7.78. The number of rotatable bonds is 5. The molecule has 2 amide bonds. The molecule has 0 radical (unpaired) electrons. The van der Waals surface area contributed by atoms with Crippen LogP contribution in [0, 0.1) is 0 Å². The van der Waals surface area contributed by atoms with E-state index in [9.17, 15) is 9.59 Å². The molecule has 1 unspecified atom stereocenters. The smallest absolute Gasteiger partial charge is 0.267 e. The Morgan fingerprint density at radius 2 is 2.04 bits per heavy atom. The van der Waals surface area contributed by atoms with E-state index in [1.54, 1.807) is 0 Å². The molecule has 0 saturated carbocycles. The fourth-order valence-corrected chi connectivity index (χ4v) is 4.03. The van der Waals surface area contributed by atoms with Crippen LogP contribution in [0.3, 0.4) is 0 Å². The van der Waals surface area contributed by atoms with Crippen molar-refractivity contribution in [2.45, 2.75) is 57.0 Å². The van der Waals surface area contributed by atoms with E-state index in [1.807, 2.05) is 6.07 Å². The average molecular weight is 357 g/mol. The van der Waals surface area contributed by atoms with E-state index < -0.39 is 0 Å². The van der Waals surface area contributed by atoms with Gasteiger partial charge in [-0.25, -0.2) is 5.43 Å². The summed E-state index contributed by atoms with van der Waals surface area (Å²) in [5.41, 5.74) is 3.86. The standard InChI is InChI=1S/C20H27N3O3/c1-19(2)14-20(11-13-26-19,15-6-4-3-5-7-15)10-12-21-18(25)16-8-9-17(24)23-22-16/h3-7H,8-14H2,1-2H3,(H,21,25)(H,23,24). The highest BCUT2D eigenvalue weighted by atomic mass is 16.5. The Morgan fingerprint density at radius 1 is 1.27 bits per heavy atom. The maximum Gasteiger partial charge on any atom is 0.267 e. The zero-order valence-electron chi connectivity index (χ0n) is 15.5. The minimum Gasteiger partial charge on any atom is -0.376 e. The summed E-state index contributed by atoms with van der Waals surface area (Å²) in [4.78, 5) is 23.4. The molecule has 2 N–H and O–H groups in total. The van der Waals surface area contributed by atoms with Crippen molar-refractivity contribution in [1.82, 2.24) is 10.7 Å². The van der Waals surface area contributed by atoms with Crippen molar-refractivity contribution in [1.29, 1.82) is 0 Å². The second-order valence-electron chi connectivity index (χ2n) is 7.78. The highest BCUT2D eigenvalue weighted by molar-refractivity contribution is 6.39. The van der Waals surface area contributed by atoms with Crippen molar-refractivity contribution < 1.29 is 14.3 Å². The molecule has 2 aliphatic rings. The van der Waals surface area contributed by atoms with Crippen molar-refractivity contribution in [2.75, 3.05) is 13.2 Å². The summed E-state index contributed by atoms with van der Waals surface area (Å²) < 4.78 is 5.93. The summed E-state index contributed by atoms with van der Waals surface area (Å²) >= 11 is 0. The van der Waals surface area contributed by atoms with E-state index in [2.05, 4.69) is 54.0 Å². The largest absolute Gasteiger partial charge is 0.376 e. The molecule has 0 spiro atoms. The maximum atomic E-state index is 12.3. The van der Waals surface area contributed by atoms with Crippen LogP contribution in [0.15, 0.2) is 35.4 Å². The van der Waals surface area contributed by atoms with Gasteiger partial charge in [0.1, 0.15) is 5.71 Å². The minimum atomic E-state index is -0.195. The molecule has 26 heavy (non-hydrogen) atoms. The normalized spacial score (nSPS) is 25.2. The van der Waals surface area contributed by atoms with Crippen molar-refractivity contribution in [2.24, 2.45) is 5.10 Å². The molecule has 1 aromatic rings.